The van der Waals surface area contributed by atoms with Crippen molar-refractivity contribution < 1.29 is 38.6 Å². The van der Waals surface area contributed by atoms with Crippen LogP contribution in [0.25, 0.3) is 0 Å². The molecule has 0 saturated carbocycles. The number of aliphatic hydroxyl groups excluding tert-OH is 3. The SMILES string of the molecule is [2H]C([2H])([2H])N1CCCC1c1ccc[n+](C2OC(C(=O)[O-])C(O)C(O)C2O)c1. The van der Waals surface area contributed by atoms with Crippen LogP contribution in [0, 0.1) is 0 Å². The molecule has 0 spiro atoms. The third-order valence-electron chi connectivity index (χ3n) is 4.60. The highest BCUT2D eigenvalue weighted by molar-refractivity contribution is 5.71. The average molecular weight is 341 g/mol. The minimum absolute atomic E-state index is 0.363. The Labute approximate surface area is 143 Å². The van der Waals surface area contributed by atoms with Gasteiger partial charge >= 0.3 is 0 Å². The Hall–Kier alpha value is -1.58. The maximum Gasteiger partial charge on any atom is 0.292 e. The maximum absolute atomic E-state index is 11.2. The van der Waals surface area contributed by atoms with Gasteiger partial charge in [0.25, 0.3) is 6.23 Å². The predicted octanol–water partition coefficient (Wildman–Crippen LogP) is -2.53. The Kier molecular flexibility index (Phi) is 3.84. The van der Waals surface area contributed by atoms with E-state index in [0.717, 1.165) is 6.42 Å². The molecule has 132 valence electrons. The Bertz CT molecular complexity index is 703. The largest absolute Gasteiger partial charge is 0.547 e. The van der Waals surface area contributed by atoms with Crippen molar-refractivity contribution in [1.82, 2.24) is 4.90 Å². The topological polar surface area (TPSA) is 117 Å². The smallest absolute Gasteiger partial charge is 0.292 e. The van der Waals surface area contributed by atoms with Gasteiger partial charge < -0.3 is 30.0 Å². The van der Waals surface area contributed by atoms with Crippen LogP contribution >= 0.6 is 0 Å². The molecule has 6 atom stereocenters. The number of nitrogens with zero attached hydrogens (tertiary/aromatic N) is 2. The predicted molar refractivity (Wildman–Crippen MR) is 78.2 cm³/mol. The zero-order valence-electron chi connectivity index (χ0n) is 15.9. The van der Waals surface area contributed by atoms with E-state index in [0.29, 0.717) is 18.5 Å². The fraction of sp³-hybridized carbons (Fsp3) is 0.625. The summed E-state index contributed by atoms with van der Waals surface area (Å²) in [4.78, 5) is 12.6. The van der Waals surface area contributed by atoms with Gasteiger partial charge in [-0.2, -0.15) is 4.57 Å². The summed E-state index contributed by atoms with van der Waals surface area (Å²) in [7, 11) is 0. The number of hydrogen-bond donors (Lipinski definition) is 3. The van der Waals surface area contributed by atoms with Crippen molar-refractivity contribution in [1.29, 1.82) is 0 Å². The zero-order chi connectivity index (χ0) is 19.9. The average Bonchev–Trinajstić information content (AvgIpc) is 3.10. The third kappa shape index (κ3) is 3.03. The Morgan fingerprint density at radius 2 is 2.21 bits per heavy atom. The van der Waals surface area contributed by atoms with E-state index in [1.807, 2.05) is 0 Å². The summed E-state index contributed by atoms with van der Waals surface area (Å²) in [6.07, 6.45) is -3.83. The van der Waals surface area contributed by atoms with Gasteiger partial charge in [0.2, 0.25) is 0 Å². The van der Waals surface area contributed by atoms with E-state index in [9.17, 15) is 25.2 Å². The fourth-order valence-corrected chi connectivity index (χ4v) is 3.28. The number of carbonyl (C=O) groups is 1. The lowest BCUT2D eigenvalue weighted by atomic mass is 9.97. The standard InChI is InChI=1S/C16H22N2O6/c1-17-6-3-5-10(17)9-4-2-7-18(8-9)15-13(21)11(19)12(20)14(24-15)16(22)23/h2,4,7-8,10-15,19-21H,3,5-6H2,1H3/i1D3. The van der Waals surface area contributed by atoms with Crippen LogP contribution in [-0.2, 0) is 9.53 Å². The first-order chi connectivity index (χ1) is 12.6. The van der Waals surface area contributed by atoms with Crippen molar-refractivity contribution in [3.63, 3.8) is 0 Å². The molecule has 1 aromatic heterocycles. The lowest BCUT2D eigenvalue weighted by Crippen LogP contribution is -2.65. The van der Waals surface area contributed by atoms with Crippen LogP contribution in [0.4, 0.5) is 0 Å². The molecule has 0 aliphatic carbocycles. The number of likely N-dealkylation sites (tertiary alicyclic amines) is 1. The van der Waals surface area contributed by atoms with Crippen LogP contribution in [-0.4, -0.2) is 64.1 Å². The highest BCUT2D eigenvalue weighted by Gasteiger charge is 2.48. The van der Waals surface area contributed by atoms with Crippen molar-refractivity contribution in [3.05, 3.63) is 30.1 Å². The van der Waals surface area contributed by atoms with E-state index in [1.165, 1.54) is 15.7 Å². The molecule has 2 saturated heterocycles. The van der Waals surface area contributed by atoms with E-state index in [2.05, 4.69) is 0 Å². The fourth-order valence-electron chi connectivity index (χ4n) is 3.28. The summed E-state index contributed by atoms with van der Waals surface area (Å²) < 4.78 is 29.6. The lowest BCUT2D eigenvalue weighted by Gasteiger charge is -2.37. The zero-order valence-corrected chi connectivity index (χ0v) is 12.9. The molecular weight excluding hydrogens is 316 g/mol. The molecule has 0 radical (unpaired) electrons. The molecule has 0 bridgehead atoms. The molecule has 3 heterocycles. The van der Waals surface area contributed by atoms with Crippen molar-refractivity contribution >= 4 is 5.97 Å². The number of aromatic nitrogens is 1. The molecule has 2 aliphatic heterocycles. The molecule has 8 nitrogen and oxygen atoms in total. The molecule has 1 aromatic rings. The van der Waals surface area contributed by atoms with Gasteiger partial charge in [0.1, 0.15) is 18.3 Å². The molecule has 2 aliphatic rings. The van der Waals surface area contributed by atoms with E-state index in [1.54, 1.807) is 18.3 Å². The maximum atomic E-state index is 11.2. The summed E-state index contributed by atoms with van der Waals surface area (Å²) in [6, 6.07) is 2.99. The van der Waals surface area contributed by atoms with Gasteiger partial charge in [-0.1, -0.05) is 0 Å². The van der Waals surface area contributed by atoms with Crippen molar-refractivity contribution in [3.8, 4) is 0 Å². The van der Waals surface area contributed by atoms with Crippen LogP contribution in [0.5, 0.6) is 0 Å². The van der Waals surface area contributed by atoms with Gasteiger partial charge in [0.05, 0.1) is 5.97 Å². The Morgan fingerprint density at radius 1 is 1.42 bits per heavy atom. The number of ether oxygens (including phenoxy) is 1. The van der Waals surface area contributed by atoms with Crippen molar-refractivity contribution in [2.75, 3.05) is 13.5 Å². The summed E-state index contributed by atoms with van der Waals surface area (Å²) in [5.41, 5.74) is 0.660. The van der Waals surface area contributed by atoms with Gasteiger partial charge in [-0.25, -0.2) is 0 Å². The van der Waals surface area contributed by atoms with E-state index in [4.69, 9.17) is 8.85 Å². The number of aliphatic hydroxyl groups is 3. The monoisotopic (exact) mass is 341 g/mol. The number of hydrogen-bond acceptors (Lipinski definition) is 7. The van der Waals surface area contributed by atoms with Crippen LogP contribution in [0.15, 0.2) is 24.5 Å². The molecule has 6 unspecified atom stereocenters. The first kappa shape index (κ1) is 13.7. The highest BCUT2D eigenvalue weighted by atomic mass is 16.6. The third-order valence-corrected chi connectivity index (χ3v) is 4.60. The Balaban J connectivity index is 1.90. The molecule has 0 aromatic carbocycles. The van der Waals surface area contributed by atoms with Crippen LogP contribution < -0.4 is 9.67 Å². The lowest BCUT2D eigenvalue weighted by molar-refractivity contribution is -0.777. The second-order valence-corrected chi connectivity index (χ2v) is 6.17. The van der Waals surface area contributed by atoms with E-state index < -0.39 is 43.6 Å². The number of rotatable bonds is 3. The molecule has 3 N–H and O–H groups in total. The van der Waals surface area contributed by atoms with Crippen LogP contribution in [0.3, 0.4) is 0 Å². The molecule has 0 amide bonds. The number of carbonyl (C=O) groups excluding carboxylic acids is 1. The van der Waals surface area contributed by atoms with Gasteiger partial charge in [-0.3, -0.25) is 4.90 Å². The number of pyridine rings is 1. The summed E-state index contributed by atoms with van der Waals surface area (Å²) in [5.74, 6) is -1.71. The molecule has 2 fully saturated rings. The van der Waals surface area contributed by atoms with Crippen LogP contribution in [0.1, 0.15) is 34.8 Å². The molecule has 24 heavy (non-hydrogen) atoms. The van der Waals surface area contributed by atoms with Crippen molar-refractivity contribution in [2.24, 2.45) is 0 Å². The number of carboxylic acid groups (broad SMARTS) is 1. The first-order valence-electron chi connectivity index (χ1n) is 9.29. The minimum atomic E-state index is -2.25. The quantitative estimate of drug-likeness (QED) is 0.519. The van der Waals surface area contributed by atoms with Crippen molar-refractivity contribution in [2.45, 2.75) is 49.5 Å². The first-order valence-corrected chi connectivity index (χ1v) is 7.79. The molecule has 8 heteroatoms. The normalized spacial score (nSPS) is 39.9. The summed E-state index contributed by atoms with van der Waals surface area (Å²) in [5, 5.41) is 41.1. The molecule has 3 rings (SSSR count). The van der Waals surface area contributed by atoms with Crippen LogP contribution in [0.2, 0.25) is 0 Å². The number of aliphatic carboxylic acids is 1. The Morgan fingerprint density at radius 3 is 2.92 bits per heavy atom. The number of carboxylic acids is 1. The summed E-state index contributed by atoms with van der Waals surface area (Å²) in [6.45, 7) is -1.82. The second-order valence-electron chi connectivity index (χ2n) is 6.17. The van der Waals surface area contributed by atoms with Gasteiger partial charge in [-0.05, 0) is 32.4 Å². The van der Waals surface area contributed by atoms with E-state index in [-0.39, 0.29) is 6.04 Å². The highest BCUT2D eigenvalue weighted by Crippen LogP contribution is 2.30. The second kappa shape index (κ2) is 6.73. The van der Waals surface area contributed by atoms with Gasteiger partial charge in [-0.15, -0.1) is 0 Å². The summed E-state index contributed by atoms with van der Waals surface area (Å²) >= 11 is 0. The van der Waals surface area contributed by atoms with E-state index >= 15 is 0 Å². The van der Waals surface area contributed by atoms with Gasteiger partial charge in [0.15, 0.2) is 18.5 Å². The molecular formula is C16H22N2O6. The minimum Gasteiger partial charge on any atom is -0.547 e. The van der Waals surface area contributed by atoms with Gasteiger partial charge in [0, 0.05) is 21.8 Å².